The number of nitrogens with zero attached hydrogens (tertiary/aromatic N) is 1. The van der Waals surface area contributed by atoms with Gasteiger partial charge in [-0.25, -0.2) is 12.8 Å². The standard InChI is InChI=1S/C18H25FN2O3S/c1-25(23,24)18(7-9-20-10-8-18)17(22)21-11-6-15(13-21)12-14-2-4-16(19)5-3-14/h2-5,15,20H,6-13H2,1H3. The van der Waals surface area contributed by atoms with Crippen molar-refractivity contribution in [2.75, 3.05) is 32.4 Å². The summed E-state index contributed by atoms with van der Waals surface area (Å²) in [6.45, 7) is 2.26. The second-order valence-electron chi connectivity index (χ2n) is 7.25. The molecule has 3 rings (SSSR count). The molecular formula is C18H25FN2O3S. The minimum absolute atomic E-state index is 0.238. The monoisotopic (exact) mass is 368 g/mol. The number of halogens is 1. The summed E-state index contributed by atoms with van der Waals surface area (Å²) in [5.41, 5.74) is 1.04. The minimum Gasteiger partial charge on any atom is -0.341 e. The van der Waals surface area contributed by atoms with E-state index in [2.05, 4.69) is 5.32 Å². The minimum atomic E-state index is -3.48. The van der Waals surface area contributed by atoms with Gasteiger partial charge in [0.05, 0.1) is 0 Å². The zero-order valence-electron chi connectivity index (χ0n) is 14.5. The first kappa shape index (κ1) is 18.3. The van der Waals surface area contributed by atoms with Gasteiger partial charge in [-0.2, -0.15) is 0 Å². The molecule has 1 atom stereocenters. The molecule has 2 saturated heterocycles. The number of carbonyl (C=O) groups excluding carboxylic acids is 1. The molecule has 7 heteroatoms. The van der Waals surface area contributed by atoms with Gasteiger partial charge in [0.1, 0.15) is 5.82 Å². The summed E-state index contributed by atoms with van der Waals surface area (Å²) in [5, 5.41) is 3.14. The van der Waals surface area contributed by atoms with Crippen molar-refractivity contribution in [2.24, 2.45) is 5.92 Å². The number of hydrogen-bond acceptors (Lipinski definition) is 4. The van der Waals surface area contributed by atoms with Crippen molar-refractivity contribution in [3.8, 4) is 0 Å². The van der Waals surface area contributed by atoms with Gasteiger partial charge in [-0.05, 0) is 62.4 Å². The fourth-order valence-electron chi connectivity index (χ4n) is 4.00. The summed E-state index contributed by atoms with van der Waals surface area (Å²) in [7, 11) is -3.48. The molecule has 0 radical (unpaired) electrons. The van der Waals surface area contributed by atoms with Gasteiger partial charge >= 0.3 is 0 Å². The van der Waals surface area contributed by atoms with Crippen LogP contribution in [-0.2, 0) is 21.1 Å². The highest BCUT2D eigenvalue weighted by Crippen LogP contribution is 2.32. The Morgan fingerprint density at radius 3 is 2.52 bits per heavy atom. The smallest absolute Gasteiger partial charge is 0.244 e. The summed E-state index contributed by atoms with van der Waals surface area (Å²) in [5.74, 6) is -0.209. The average molecular weight is 368 g/mol. The van der Waals surface area contributed by atoms with Crippen LogP contribution in [0.4, 0.5) is 4.39 Å². The quantitative estimate of drug-likeness (QED) is 0.872. The second-order valence-corrected chi connectivity index (χ2v) is 9.58. The van der Waals surface area contributed by atoms with E-state index >= 15 is 0 Å². The zero-order chi connectivity index (χ0) is 18.1. The molecule has 0 aromatic heterocycles. The van der Waals surface area contributed by atoms with Crippen molar-refractivity contribution in [3.63, 3.8) is 0 Å². The third-order valence-electron chi connectivity index (χ3n) is 5.52. The number of likely N-dealkylation sites (tertiary alicyclic amines) is 1. The van der Waals surface area contributed by atoms with Crippen LogP contribution >= 0.6 is 0 Å². The van der Waals surface area contributed by atoms with Crippen LogP contribution in [0, 0.1) is 11.7 Å². The topological polar surface area (TPSA) is 66.5 Å². The van der Waals surface area contributed by atoms with Crippen LogP contribution in [0.15, 0.2) is 24.3 Å². The molecule has 0 bridgehead atoms. The average Bonchev–Trinajstić information content (AvgIpc) is 3.04. The lowest BCUT2D eigenvalue weighted by Gasteiger charge is -2.37. The molecule has 5 nitrogen and oxygen atoms in total. The summed E-state index contributed by atoms with van der Waals surface area (Å²) < 4.78 is 36.5. The van der Waals surface area contributed by atoms with Gasteiger partial charge in [0.15, 0.2) is 14.6 Å². The van der Waals surface area contributed by atoms with Crippen molar-refractivity contribution >= 4 is 15.7 Å². The largest absolute Gasteiger partial charge is 0.341 e. The van der Waals surface area contributed by atoms with Crippen LogP contribution < -0.4 is 5.32 Å². The van der Waals surface area contributed by atoms with Crippen molar-refractivity contribution in [1.29, 1.82) is 0 Å². The number of sulfone groups is 1. The summed E-state index contributed by atoms with van der Waals surface area (Å²) >= 11 is 0. The molecule has 0 spiro atoms. The Bertz CT molecular complexity index is 727. The van der Waals surface area contributed by atoms with Crippen LogP contribution in [0.2, 0.25) is 0 Å². The predicted molar refractivity (Wildman–Crippen MR) is 94.5 cm³/mol. The maximum absolute atomic E-state index is 13.1. The van der Waals surface area contributed by atoms with Crippen LogP contribution in [0.1, 0.15) is 24.8 Å². The van der Waals surface area contributed by atoms with Gasteiger partial charge in [-0.15, -0.1) is 0 Å². The van der Waals surface area contributed by atoms with Crippen LogP contribution in [0.25, 0.3) is 0 Å². The molecular weight excluding hydrogens is 343 g/mol. The van der Waals surface area contributed by atoms with E-state index in [1.165, 1.54) is 18.4 Å². The highest BCUT2D eigenvalue weighted by molar-refractivity contribution is 7.92. The van der Waals surface area contributed by atoms with Crippen LogP contribution in [0.5, 0.6) is 0 Å². The first-order chi connectivity index (χ1) is 11.8. The van der Waals surface area contributed by atoms with Gasteiger partial charge in [0.2, 0.25) is 5.91 Å². The Kier molecular flexibility index (Phi) is 5.16. The Balaban J connectivity index is 1.69. The lowest BCUT2D eigenvalue weighted by atomic mass is 9.95. The first-order valence-corrected chi connectivity index (χ1v) is 10.7. The lowest BCUT2D eigenvalue weighted by molar-refractivity contribution is -0.133. The number of carbonyl (C=O) groups is 1. The molecule has 1 aromatic rings. The van der Waals surface area contributed by atoms with E-state index in [-0.39, 0.29) is 17.6 Å². The number of rotatable bonds is 4. The molecule has 2 fully saturated rings. The van der Waals surface area contributed by atoms with Crippen LogP contribution in [0.3, 0.4) is 0 Å². The Hall–Kier alpha value is -1.47. The summed E-state index contributed by atoms with van der Waals surface area (Å²) in [6, 6.07) is 6.43. The van der Waals surface area contributed by atoms with E-state index in [9.17, 15) is 17.6 Å². The third kappa shape index (κ3) is 3.72. The molecule has 1 N–H and O–H groups in total. The number of benzene rings is 1. The van der Waals surface area contributed by atoms with Crippen molar-refractivity contribution < 1.29 is 17.6 Å². The molecule has 2 aliphatic heterocycles. The SMILES string of the molecule is CS(=O)(=O)C1(C(=O)N2CCC(Cc3ccc(F)cc3)C2)CCNCC1. The highest BCUT2D eigenvalue weighted by Gasteiger charge is 2.51. The number of hydrogen-bond donors (Lipinski definition) is 1. The fourth-order valence-corrected chi connectivity index (χ4v) is 5.39. The maximum atomic E-state index is 13.1. The third-order valence-corrected chi connectivity index (χ3v) is 7.52. The molecule has 0 aliphatic carbocycles. The lowest BCUT2D eigenvalue weighted by Crippen LogP contribution is -2.57. The van der Waals surface area contributed by atoms with E-state index in [1.807, 2.05) is 0 Å². The molecule has 1 amide bonds. The Morgan fingerprint density at radius 1 is 1.28 bits per heavy atom. The van der Waals surface area contributed by atoms with Gasteiger partial charge in [0.25, 0.3) is 0 Å². The van der Waals surface area contributed by atoms with Gasteiger partial charge in [-0.3, -0.25) is 4.79 Å². The number of nitrogens with one attached hydrogen (secondary N) is 1. The molecule has 1 unspecified atom stereocenters. The summed E-state index contributed by atoms with van der Waals surface area (Å²) in [4.78, 5) is 14.8. The van der Waals surface area contributed by atoms with Crippen molar-refractivity contribution in [3.05, 3.63) is 35.6 Å². The number of piperidine rings is 1. The first-order valence-electron chi connectivity index (χ1n) is 8.76. The van der Waals surface area contributed by atoms with Gasteiger partial charge < -0.3 is 10.2 Å². The van der Waals surface area contributed by atoms with E-state index in [0.29, 0.717) is 39.0 Å². The molecule has 2 heterocycles. The molecule has 0 saturated carbocycles. The normalized spacial score (nSPS) is 23.6. The molecule has 138 valence electrons. The Labute approximate surface area is 148 Å². The zero-order valence-corrected chi connectivity index (χ0v) is 15.3. The second kappa shape index (κ2) is 7.03. The van der Waals surface area contributed by atoms with E-state index < -0.39 is 14.6 Å². The van der Waals surface area contributed by atoms with E-state index in [4.69, 9.17) is 0 Å². The molecule has 25 heavy (non-hydrogen) atoms. The number of amides is 1. The van der Waals surface area contributed by atoms with Crippen LogP contribution in [-0.4, -0.2) is 56.4 Å². The van der Waals surface area contributed by atoms with E-state index in [0.717, 1.165) is 18.4 Å². The van der Waals surface area contributed by atoms with Gasteiger partial charge in [0, 0.05) is 19.3 Å². The molecule has 1 aromatic carbocycles. The van der Waals surface area contributed by atoms with Crippen molar-refractivity contribution in [2.45, 2.75) is 30.4 Å². The predicted octanol–water partition coefficient (Wildman–Crippen LogP) is 1.38. The summed E-state index contributed by atoms with van der Waals surface area (Å²) in [6.07, 6.45) is 3.48. The Morgan fingerprint density at radius 2 is 1.92 bits per heavy atom. The fraction of sp³-hybridized carbons (Fsp3) is 0.611. The van der Waals surface area contributed by atoms with E-state index in [1.54, 1.807) is 17.0 Å². The maximum Gasteiger partial charge on any atom is 0.244 e. The highest BCUT2D eigenvalue weighted by atomic mass is 32.2. The van der Waals surface area contributed by atoms with Gasteiger partial charge in [-0.1, -0.05) is 12.1 Å². The van der Waals surface area contributed by atoms with Crippen molar-refractivity contribution in [1.82, 2.24) is 10.2 Å². The molecule has 2 aliphatic rings.